The lowest BCUT2D eigenvalue weighted by molar-refractivity contribution is 0.416. The molecule has 0 saturated carbocycles. The molecular weight excluding hydrogens is 340 g/mol. The minimum absolute atomic E-state index is 0.809. The summed E-state index contributed by atoms with van der Waals surface area (Å²) < 4.78 is 6.44. The first-order valence-corrected chi connectivity index (χ1v) is 7.68. The van der Waals surface area contributed by atoms with Gasteiger partial charge in [-0.2, -0.15) is 0 Å². The van der Waals surface area contributed by atoms with Crippen molar-refractivity contribution in [3.8, 4) is 17.0 Å². The number of rotatable bonds is 4. The van der Waals surface area contributed by atoms with Crippen LogP contribution in [0.2, 0.25) is 0 Å². The van der Waals surface area contributed by atoms with Gasteiger partial charge in [-0.1, -0.05) is 46.3 Å². The van der Waals surface area contributed by atoms with Crippen LogP contribution in [-0.4, -0.2) is 17.1 Å². The van der Waals surface area contributed by atoms with E-state index in [-0.39, 0.29) is 0 Å². The molecule has 0 aliphatic heterocycles. The summed E-state index contributed by atoms with van der Waals surface area (Å²) in [7, 11) is 1.67. The molecular formula is C18H15BrN2O. The van der Waals surface area contributed by atoms with Crippen LogP contribution in [-0.2, 0) is 0 Å². The number of aromatic amines is 1. The zero-order valence-corrected chi connectivity index (χ0v) is 13.7. The highest BCUT2D eigenvalue weighted by Gasteiger charge is 2.07. The van der Waals surface area contributed by atoms with Crippen molar-refractivity contribution in [3.63, 3.8) is 0 Å². The van der Waals surface area contributed by atoms with E-state index in [1.165, 1.54) is 0 Å². The summed E-state index contributed by atoms with van der Waals surface area (Å²) in [5.74, 6) is 1.63. The van der Waals surface area contributed by atoms with Crippen LogP contribution >= 0.6 is 15.9 Å². The molecule has 0 fully saturated rings. The molecule has 1 aromatic heterocycles. The topological polar surface area (TPSA) is 37.9 Å². The summed E-state index contributed by atoms with van der Waals surface area (Å²) in [6.45, 7) is 0. The Morgan fingerprint density at radius 3 is 2.59 bits per heavy atom. The van der Waals surface area contributed by atoms with E-state index in [0.717, 1.165) is 32.9 Å². The second-order valence-corrected chi connectivity index (χ2v) is 5.67. The Bertz CT molecular complexity index is 791. The number of nitrogens with zero attached hydrogens (tertiary/aromatic N) is 1. The summed E-state index contributed by atoms with van der Waals surface area (Å²) in [5.41, 5.74) is 2.97. The molecule has 0 unspecified atom stereocenters. The normalized spacial score (nSPS) is 11.0. The number of hydrogen-bond donors (Lipinski definition) is 1. The van der Waals surface area contributed by atoms with Crippen LogP contribution < -0.4 is 4.74 Å². The van der Waals surface area contributed by atoms with Crippen molar-refractivity contribution >= 4 is 28.1 Å². The fraction of sp³-hybridized carbons (Fsp3) is 0.0556. The molecule has 0 saturated heterocycles. The summed E-state index contributed by atoms with van der Waals surface area (Å²) in [4.78, 5) is 7.76. The molecule has 3 aromatic rings. The van der Waals surface area contributed by atoms with Gasteiger partial charge in [0.15, 0.2) is 0 Å². The van der Waals surface area contributed by atoms with Crippen molar-refractivity contribution in [1.82, 2.24) is 9.97 Å². The third-order valence-corrected chi connectivity index (χ3v) is 3.81. The fourth-order valence-corrected chi connectivity index (χ4v) is 2.43. The summed E-state index contributed by atoms with van der Waals surface area (Å²) in [6.07, 6.45) is 5.87. The monoisotopic (exact) mass is 354 g/mol. The van der Waals surface area contributed by atoms with Gasteiger partial charge < -0.3 is 9.72 Å². The van der Waals surface area contributed by atoms with E-state index >= 15 is 0 Å². The standard InChI is InChI=1S/C18H15BrN2O/c1-22-17-5-3-2-4-15(17)16-12-20-18(21-16)11-8-13-6-9-14(19)10-7-13/h2-12H,1H3,(H,20,21). The van der Waals surface area contributed by atoms with E-state index in [1.54, 1.807) is 7.11 Å². The number of H-pyrrole nitrogens is 1. The van der Waals surface area contributed by atoms with Gasteiger partial charge >= 0.3 is 0 Å². The Labute approximate surface area is 137 Å². The van der Waals surface area contributed by atoms with Crippen molar-refractivity contribution in [2.75, 3.05) is 7.11 Å². The lowest BCUT2D eigenvalue weighted by Gasteiger charge is -2.04. The zero-order chi connectivity index (χ0) is 15.4. The Morgan fingerprint density at radius 1 is 1.05 bits per heavy atom. The molecule has 3 nitrogen and oxygen atoms in total. The van der Waals surface area contributed by atoms with Crippen molar-refractivity contribution in [2.45, 2.75) is 0 Å². The van der Waals surface area contributed by atoms with E-state index in [9.17, 15) is 0 Å². The molecule has 0 amide bonds. The van der Waals surface area contributed by atoms with Gasteiger partial charge in [-0.15, -0.1) is 0 Å². The predicted octanol–water partition coefficient (Wildman–Crippen LogP) is 5.02. The number of imidazole rings is 1. The zero-order valence-electron chi connectivity index (χ0n) is 12.1. The molecule has 0 aliphatic rings. The second-order valence-electron chi connectivity index (χ2n) is 4.76. The third kappa shape index (κ3) is 3.28. The van der Waals surface area contributed by atoms with Crippen molar-refractivity contribution in [2.24, 2.45) is 0 Å². The molecule has 2 aromatic carbocycles. The van der Waals surface area contributed by atoms with Crippen LogP contribution in [0.5, 0.6) is 5.75 Å². The maximum Gasteiger partial charge on any atom is 0.130 e. The molecule has 22 heavy (non-hydrogen) atoms. The molecule has 4 heteroatoms. The smallest absolute Gasteiger partial charge is 0.130 e. The van der Waals surface area contributed by atoms with Gasteiger partial charge in [-0.3, -0.25) is 0 Å². The quantitative estimate of drug-likeness (QED) is 0.714. The molecule has 110 valence electrons. The number of nitrogens with one attached hydrogen (secondary N) is 1. The molecule has 3 rings (SSSR count). The lowest BCUT2D eigenvalue weighted by Crippen LogP contribution is -1.87. The molecule has 0 aliphatic carbocycles. The van der Waals surface area contributed by atoms with Gasteiger partial charge in [0.1, 0.15) is 11.6 Å². The van der Waals surface area contributed by atoms with Gasteiger partial charge in [0.2, 0.25) is 0 Å². The highest BCUT2D eigenvalue weighted by Crippen LogP contribution is 2.28. The number of methoxy groups -OCH3 is 1. The highest BCUT2D eigenvalue weighted by atomic mass is 79.9. The largest absolute Gasteiger partial charge is 0.496 e. The Kier molecular flexibility index (Phi) is 4.39. The van der Waals surface area contributed by atoms with E-state index < -0.39 is 0 Å². The average molecular weight is 355 g/mol. The first-order chi connectivity index (χ1) is 10.8. The first-order valence-electron chi connectivity index (χ1n) is 6.89. The van der Waals surface area contributed by atoms with Gasteiger partial charge in [-0.25, -0.2) is 4.98 Å². The van der Waals surface area contributed by atoms with Gasteiger partial charge in [-0.05, 0) is 35.9 Å². The number of ether oxygens (including phenoxy) is 1. The summed E-state index contributed by atoms with van der Waals surface area (Å²) >= 11 is 3.43. The van der Waals surface area contributed by atoms with E-state index in [1.807, 2.05) is 66.9 Å². The maximum atomic E-state index is 5.37. The Balaban J connectivity index is 1.83. The Hall–Kier alpha value is -2.33. The van der Waals surface area contributed by atoms with Crippen molar-refractivity contribution < 1.29 is 4.74 Å². The summed E-state index contributed by atoms with van der Waals surface area (Å²) in [6, 6.07) is 16.0. The molecule has 0 radical (unpaired) electrons. The SMILES string of the molecule is COc1ccccc1-c1c[nH]c(C=Cc2ccc(Br)cc2)n1. The van der Waals surface area contributed by atoms with Crippen molar-refractivity contribution in [3.05, 3.63) is 70.6 Å². The molecule has 0 atom stereocenters. The van der Waals surface area contributed by atoms with Crippen molar-refractivity contribution in [1.29, 1.82) is 0 Å². The first kappa shape index (κ1) is 14.6. The molecule has 0 spiro atoms. The number of halogens is 1. The number of benzene rings is 2. The number of hydrogen-bond acceptors (Lipinski definition) is 2. The van der Waals surface area contributed by atoms with Gasteiger partial charge in [0.25, 0.3) is 0 Å². The van der Waals surface area contributed by atoms with Crippen LogP contribution in [0.25, 0.3) is 23.4 Å². The maximum absolute atomic E-state index is 5.37. The summed E-state index contributed by atoms with van der Waals surface area (Å²) in [5, 5.41) is 0. The fourth-order valence-electron chi connectivity index (χ4n) is 2.17. The molecule has 0 bridgehead atoms. The second kappa shape index (κ2) is 6.62. The highest BCUT2D eigenvalue weighted by molar-refractivity contribution is 9.10. The van der Waals surface area contributed by atoms with Crippen LogP contribution in [0.1, 0.15) is 11.4 Å². The molecule has 1 heterocycles. The van der Waals surface area contributed by atoms with Crippen LogP contribution in [0, 0.1) is 0 Å². The van der Waals surface area contributed by atoms with Crippen LogP contribution in [0.4, 0.5) is 0 Å². The van der Waals surface area contributed by atoms with E-state index in [0.29, 0.717) is 0 Å². The minimum atomic E-state index is 0.809. The van der Waals surface area contributed by atoms with Gasteiger partial charge in [0, 0.05) is 16.2 Å². The van der Waals surface area contributed by atoms with E-state index in [2.05, 4.69) is 25.9 Å². The average Bonchev–Trinajstić information content (AvgIpc) is 3.03. The Morgan fingerprint density at radius 2 is 1.82 bits per heavy atom. The number of para-hydroxylation sites is 1. The minimum Gasteiger partial charge on any atom is -0.496 e. The number of aromatic nitrogens is 2. The van der Waals surface area contributed by atoms with E-state index in [4.69, 9.17) is 4.74 Å². The van der Waals surface area contributed by atoms with Gasteiger partial charge in [0.05, 0.1) is 12.8 Å². The molecule has 1 N–H and O–H groups in total. The van der Waals surface area contributed by atoms with Crippen LogP contribution in [0.15, 0.2) is 59.2 Å². The predicted molar refractivity (Wildman–Crippen MR) is 93.6 cm³/mol. The lowest BCUT2D eigenvalue weighted by atomic mass is 10.1. The third-order valence-electron chi connectivity index (χ3n) is 3.28. The van der Waals surface area contributed by atoms with Crippen LogP contribution in [0.3, 0.4) is 0 Å².